The number of likely N-dealkylation sites (tertiary alicyclic amines) is 1. The van der Waals surface area contributed by atoms with Gasteiger partial charge in [0.05, 0.1) is 6.04 Å². The Morgan fingerprint density at radius 1 is 1.11 bits per heavy atom. The summed E-state index contributed by atoms with van der Waals surface area (Å²) in [5.41, 5.74) is 2.84. The monoisotopic (exact) mass is 266 g/mol. The van der Waals surface area contributed by atoms with E-state index in [-0.39, 0.29) is 0 Å². The molecular formula is C15H30N4. The highest BCUT2D eigenvalue weighted by molar-refractivity contribution is 5.79. The van der Waals surface area contributed by atoms with Crippen molar-refractivity contribution in [3.63, 3.8) is 0 Å². The van der Waals surface area contributed by atoms with Crippen molar-refractivity contribution in [2.75, 3.05) is 13.1 Å². The molecule has 2 aliphatic rings. The van der Waals surface area contributed by atoms with Gasteiger partial charge in [-0.15, -0.1) is 0 Å². The van der Waals surface area contributed by atoms with Crippen LogP contribution in [0.15, 0.2) is 4.99 Å². The maximum atomic E-state index is 5.69. The van der Waals surface area contributed by atoms with Gasteiger partial charge in [-0.05, 0) is 37.5 Å². The number of aliphatic imine (C=N–C) groups is 1. The highest BCUT2D eigenvalue weighted by Crippen LogP contribution is 2.25. The Balaban J connectivity index is 1.89. The third kappa shape index (κ3) is 4.10. The minimum absolute atomic E-state index is 0.489. The summed E-state index contributed by atoms with van der Waals surface area (Å²) in [5.74, 6) is 8.28. The van der Waals surface area contributed by atoms with Gasteiger partial charge < -0.3 is 4.90 Å². The molecule has 1 saturated heterocycles. The van der Waals surface area contributed by atoms with Crippen molar-refractivity contribution in [1.29, 1.82) is 0 Å². The molecule has 0 unspecified atom stereocenters. The summed E-state index contributed by atoms with van der Waals surface area (Å²) in [4.78, 5) is 7.19. The average molecular weight is 266 g/mol. The zero-order valence-electron chi connectivity index (χ0n) is 12.6. The Hall–Kier alpha value is -0.770. The van der Waals surface area contributed by atoms with E-state index in [9.17, 15) is 0 Å². The van der Waals surface area contributed by atoms with Crippen LogP contribution in [0, 0.1) is 11.8 Å². The van der Waals surface area contributed by atoms with Crippen LogP contribution in [0.2, 0.25) is 0 Å². The van der Waals surface area contributed by atoms with Crippen LogP contribution in [0.5, 0.6) is 0 Å². The Labute approximate surface area is 117 Å². The van der Waals surface area contributed by atoms with E-state index in [1.54, 1.807) is 0 Å². The molecular weight excluding hydrogens is 236 g/mol. The molecule has 1 heterocycles. The van der Waals surface area contributed by atoms with E-state index in [0.717, 1.165) is 30.9 Å². The van der Waals surface area contributed by atoms with Crippen molar-refractivity contribution in [2.24, 2.45) is 22.7 Å². The van der Waals surface area contributed by atoms with Gasteiger partial charge in [0.2, 0.25) is 5.96 Å². The average Bonchev–Trinajstić information content (AvgIpc) is 2.46. The summed E-state index contributed by atoms with van der Waals surface area (Å²) in [6, 6.07) is 0.489. The van der Waals surface area contributed by atoms with Crippen LogP contribution < -0.4 is 11.3 Å². The molecule has 0 spiro atoms. The van der Waals surface area contributed by atoms with Crippen molar-refractivity contribution in [2.45, 2.75) is 64.8 Å². The Morgan fingerprint density at radius 2 is 1.74 bits per heavy atom. The molecule has 0 aromatic rings. The first-order valence-corrected chi connectivity index (χ1v) is 8.00. The van der Waals surface area contributed by atoms with Gasteiger partial charge in [0.1, 0.15) is 0 Å². The van der Waals surface area contributed by atoms with Crippen LogP contribution in [-0.2, 0) is 0 Å². The molecule has 4 nitrogen and oxygen atoms in total. The van der Waals surface area contributed by atoms with E-state index >= 15 is 0 Å². The molecule has 2 rings (SSSR count). The highest BCUT2D eigenvalue weighted by Gasteiger charge is 2.24. The summed E-state index contributed by atoms with van der Waals surface area (Å²) in [7, 11) is 0. The number of hydrogen-bond acceptors (Lipinski definition) is 2. The molecule has 0 aromatic heterocycles. The minimum Gasteiger partial charge on any atom is -0.342 e. The number of hydrogen-bond donors (Lipinski definition) is 2. The van der Waals surface area contributed by atoms with Crippen LogP contribution in [-0.4, -0.2) is 30.0 Å². The third-order valence-corrected chi connectivity index (χ3v) is 4.79. The number of hydrazine groups is 1. The maximum absolute atomic E-state index is 5.69. The van der Waals surface area contributed by atoms with Gasteiger partial charge in [-0.2, -0.15) is 0 Å². The molecule has 0 bridgehead atoms. The van der Waals surface area contributed by atoms with Crippen LogP contribution >= 0.6 is 0 Å². The lowest BCUT2D eigenvalue weighted by atomic mass is 9.87. The zero-order valence-corrected chi connectivity index (χ0v) is 12.6. The van der Waals surface area contributed by atoms with Crippen LogP contribution in [0.3, 0.4) is 0 Å². The lowest BCUT2D eigenvalue weighted by Gasteiger charge is -2.36. The lowest BCUT2D eigenvalue weighted by molar-refractivity contribution is 0.215. The first-order valence-electron chi connectivity index (χ1n) is 8.00. The topological polar surface area (TPSA) is 53.6 Å². The van der Waals surface area contributed by atoms with Crippen molar-refractivity contribution in [3.8, 4) is 0 Å². The fraction of sp³-hybridized carbons (Fsp3) is 0.933. The van der Waals surface area contributed by atoms with Crippen LogP contribution in [0.1, 0.15) is 58.8 Å². The normalized spacial score (nSPS) is 24.0. The first-order chi connectivity index (χ1) is 9.20. The van der Waals surface area contributed by atoms with Crippen molar-refractivity contribution in [1.82, 2.24) is 10.3 Å². The van der Waals surface area contributed by atoms with Crippen LogP contribution in [0.4, 0.5) is 0 Å². The number of rotatable bonds is 2. The third-order valence-electron chi connectivity index (χ3n) is 4.79. The summed E-state index contributed by atoms with van der Waals surface area (Å²) in [5, 5.41) is 0. The molecule has 4 heteroatoms. The number of nitrogens with two attached hydrogens (primary N) is 1. The molecule has 2 fully saturated rings. The smallest absolute Gasteiger partial charge is 0.208 e. The summed E-state index contributed by atoms with van der Waals surface area (Å²) in [6.45, 7) is 6.86. The number of piperidine rings is 1. The molecule has 19 heavy (non-hydrogen) atoms. The van der Waals surface area contributed by atoms with Crippen molar-refractivity contribution < 1.29 is 0 Å². The Kier molecular flexibility index (Phi) is 5.49. The van der Waals surface area contributed by atoms with Crippen molar-refractivity contribution >= 4 is 5.96 Å². The van der Waals surface area contributed by atoms with Gasteiger partial charge in [-0.1, -0.05) is 33.1 Å². The summed E-state index contributed by atoms with van der Waals surface area (Å²) in [6.07, 6.45) is 9.01. The molecule has 0 amide bonds. The molecule has 1 saturated carbocycles. The summed E-state index contributed by atoms with van der Waals surface area (Å²) < 4.78 is 0. The molecule has 110 valence electrons. The largest absolute Gasteiger partial charge is 0.342 e. The molecule has 0 atom stereocenters. The van der Waals surface area contributed by atoms with Gasteiger partial charge in [-0.3, -0.25) is 5.43 Å². The number of guanidine groups is 1. The second kappa shape index (κ2) is 7.13. The first kappa shape index (κ1) is 14.6. The fourth-order valence-electron chi connectivity index (χ4n) is 3.37. The van der Waals surface area contributed by atoms with Crippen molar-refractivity contribution in [3.05, 3.63) is 0 Å². The number of nitrogens with one attached hydrogen (secondary N) is 1. The predicted octanol–water partition coefficient (Wildman–Crippen LogP) is 2.51. The summed E-state index contributed by atoms with van der Waals surface area (Å²) >= 11 is 0. The minimum atomic E-state index is 0.489. The lowest BCUT2D eigenvalue weighted by Crippen LogP contribution is -2.49. The standard InChI is InChI=1S/C15H30N4/c1-12(2)13-8-10-19(11-9-13)15(18-16)17-14-6-4-3-5-7-14/h12-14H,3-11,16H2,1-2H3,(H,17,18). The van der Waals surface area contributed by atoms with E-state index in [4.69, 9.17) is 10.8 Å². The van der Waals surface area contributed by atoms with Gasteiger partial charge in [0.15, 0.2) is 0 Å². The molecule has 0 radical (unpaired) electrons. The molecule has 3 N–H and O–H groups in total. The van der Waals surface area contributed by atoms with E-state index in [1.807, 2.05) is 0 Å². The number of nitrogens with zero attached hydrogens (tertiary/aromatic N) is 2. The fourth-order valence-corrected chi connectivity index (χ4v) is 3.37. The van der Waals surface area contributed by atoms with Gasteiger partial charge in [0.25, 0.3) is 0 Å². The van der Waals surface area contributed by atoms with E-state index in [2.05, 4.69) is 24.2 Å². The van der Waals surface area contributed by atoms with E-state index < -0.39 is 0 Å². The molecule has 1 aliphatic carbocycles. The maximum Gasteiger partial charge on any atom is 0.208 e. The van der Waals surface area contributed by atoms with E-state index in [0.29, 0.717) is 6.04 Å². The Morgan fingerprint density at radius 3 is 2.26 bits per heavy atom. The highest BCUT2D eigenvalue weighted by atomic mass is 15.4. The van der Waals surface area contributed by atoms with Gasteiger partial charge in [-0.25, -0.2) is 10.8 Å². The molecule has 0 aromatic carbocycles. The second-order valence-corrected chi connectivity index (χ2v) is 6.46. The second-order valence-electron chi connectivity index (χ2n) is 6.46. The van der Waals surface area contributed by atoms with Gasteiger partial charge >= 0.3 is 0 Å². The van der Waals surface area contributed by atoms with E-state index in [1.165, 1.54) is 44.9 Å². The SMILES string of the molecule is CC(C)C1CCN(C(=NC2CCCCC2)NN)CC1. The quantitative estimate of drug-likeness (QED) is 0.349. The zero-order chi connectivity index (χ0) is 13.7. The van der Waals surface area contributed by atoms with Crippen LogP contribution in [0.25, 0.3) is 0 Å². The predicted molar refractivity (Wildman–Crippen MR) is 80.8 cm³/mol. The molecule has 1 aliphatic heterocycles. The Bertz CT molecular complexity index is 287. The van der Waals surface area contributed by atoms with Gasteiger partial charge in [0, 0.05) is 13.1 Å².